The van der Waals surface area contributed by atoms with Gasteiger partial charge in [0.1, 0.15) is 5.82 Å². The van der Waals surface area contributed by atoms with Crippen molar-refractivity contribution in [1.82, 2.24) is 9.78 Å². The minimum Gasteiger partial charge on any atom is -0.478 e. The van der Waals surface area contributed by atoms with Crippen molar-refractivity contribution in [2.75, 3.05) is 0 Å². The number of aromatic carboxylic acids is 1. The van der Waals surface area contributed by atoms with Crippen LogP contribution in [-0.4, -0.2) is 20.9 Å². The number of carbonyl (C=O) groups is 1. The Labute approximate surface area is 128 Å². The second kappa shape index (κ2) is 5.91. The smallest absolute Gasteiger partial charge is 0.338 e. The average molecular weight is 302 g/mol. The van der Waals surface area contributed by atoms with Gasteiger partial charge in [-0.1, -0.05) is 19.3 Å². The van der Waals surface area contributed by atoms with Crippen LogP contribution in [0.3, 0.4) is 0 Å². The lowest BCUT2D eigenvalue weighted by molar-refractivity contribution is 0.0692. The highest BCUT2D eigenvalue weighted by Crippen LogP contribution is 2.31. The van der Waals surface area contributed by atoms with Crippen molar-refractivity contribution in [2.24, 2.45) is 0 Å². The van der Waals surface area contributed by atoms with E-state index < -0.39 is 11.8 Å². The lowest BCUT2D eigenvalue weighted by atomic mass is 9.95. The molecule has 1 aromatic carbocycles. The molecule has 1 fully saturated rings. The van der Waals surface area contributed by atoms with Crippen molar-refractivity contribution < 1.29 is 14.3 Å². The summed E-state index contributed by atoms with van der Waals surface area (Å²) in [4.78, 5) is 11.0. The lowest BCUT2D eigenvalue weighted by Crippen LogP contribution is -2.12. The highest BCUT2D eigenvalue weighted by Gasteiger charge is 2.18. The predicted octanol–water partition coefficient (Wildman–Crippen LogP) is 4.20. The van der Waals surface area contributed by atoms with E-state index in [4.69, 9.17) is 5.11 Å². The van der Waals surface area contributed by atoms with Gasteiger partial charge in [0.15, 0.2) is 0 Å². The van der Waals surface area contributed by atoms with Gasteiger partial charge in [-0.2, -0.15) is 5.10 Å². The number of hydrogen-bond donors (Lipinski definition) is 1. The highest BCUT2D eigenvalue weighted by atomic mass is 19.1. The zero-order valence-corrected chi connectivity index (χ0v) is 12.6. The van der Waals surface area contributed by atoms with Crippen molar-refractivity contribution in [3.05, 3.63) is 41.5 Å². The maximum absolute atomic E-state index is 13.9. The molecule has 116 valence electrons. The third kappa shape index (κ3) is 2.75. The summed E-state index contributed by atoms with van der Waals surface area (Å²) in [6.45, 7) is 1.79. The molecule has 5 heteroatoms. The summed E-state index contributed by atoms with van der Waals surface area (Å²) in [5.74, 6) is -1.96. The second-order valence-electron chi connectivity index (χ2n) is 5.95. The van der Waals surface area contributed by atoms with Crippen LogP contribution in [0.2, 0.25) is 0 Å². The van der Waals surface area contributed by atoms with Gasteiger partial charge in [-0.3, -0.25) is 4.68 Å². The summed E-state index contributed by atoms with van der Waals surface area (Å²) in [6.07, 6.45) is 9.67. The number of aryl methyl sites for hydroxylation is 1. The van der Waals surface area contributed by atoms with E-state index in [1.54, 1.807) is 13.1 Å². The van der Waals surface area contributed by atoms with Crippen LogP contribution in [0.5, 0.6) is 0 Å². The van der Waals surface area contributed by atoms with Gasteiger partial charge in [0.25, 0.3) is 0 Å². The van der Waals surface area contributed by atoms with E-state index in [-0.39, 0.29) is 5.56 Å². The fourth-order valence-electron chi connectivity index (χ4n) is 3.18. The van der Waals surface area contributed by atoms with Gasteiger partial charge in [-0.25, -0.2) is 9.18 Å². The van der Waals surface area contributed by atoms with E-state index in [1.807, 2.05) is 10.9 Å². The van der Waals surface area contributed by atoms with Crippen LogP contribution in [0.25, 0.3) is 11.1 Å². The maximum Gasteiger partial charge on any atom is 0.338 e. The van der Waals surface area contributed by atoms with Crippen LogP contribution in [0.4, 0.5) is 4.39 Å². The van der Waals surface area contributed by atoms with Crippen LogP contribution in [0.15, 0.2) is 24.5 Å². The molecule has 2 aromatic rings. The molecule has 0 atom stereocenters. The summed E-state index contributed by atoms with van der Waals surface area (Å²) >= 11 is 0. The molecular weight excluding hydrogens is 283 g/mol. The molecule has 0 amide bonds. The summed E-state index contributed by atoms with van der Waals surface area (Å²) in [5, 5.41) is 13.4. The number of benzene rings is 1. The van der Waals surface area contributed by atoms with Crippen molar-refractivity contribution >= 4 is 5.97 Å². The third-order valence-electron chi connectivity index (χ3n) is 4.41. The molecule has 0 unspecified atom stereocenters. The molecule has 1 aromatic heterocycles. The first-order valence-electron chi connectivity index (χ1n) is 7.64. The number of rotatable bonds is 3. The Balaban J connectivity index is 1.93. The average Bonchev–Trinajstić information content (AvgIpc) is 2.99. The molecule has 3 rings (SSSR count). The largest absolute Gasteiger partial charge is 0.478 e. The van der Waals surface area contributed by atoms with Gasteiger partial charge in [0.2, 0.25) is 0 Å². The normalized spacial score (nSPS) is 15.9. The zero-order valence-electron chi connectivity index (χ0n) is 12.6. The molecule has 1 saturated carbocycles. The fourth-order valence-corrected chi connectivity index (χ4v) is 3.18. The molecule has 0 aliphatic heterocycles. The first-order chi connectivity index (χ1) is 10.6. The number of halogens is 1. The molecule has 22 heavy (non-hydrogen) atoms. The summed E-state index contributed by atoms with van der Waals surface area (Å²) < 4.78 is 15.9. The molecule has 1 aliphatic carbocycles. The monoisotopic (exact) mass is 302 g/mol. The molecule has 0 saturated heterocycles. The summed E-state index contributed by atoms with van der Waals surface area (Å²) in [7, 11) is 0. The Kier molecular flexibility index (Phi) is 3.96. The van der Waals surface area contributed by atoms with Gasteiger partial charge in [-0.15, -0.1) is 0 Å². The maximum atomic E-state index is 13.9. The highest BCUT2D eigenvalue weighted by molar-refractivity contribution is 5.89. The van der Waals surface area contributed by atoms with Gasteiger partial charge in [0.05, 0.1) is 17.8 Å². The van der Waals surface area contributed by atoms with E-state index in [2.05, 4.69) is 5.10 Å². The minimum absolute atomic E-state index is 0.291. The van der Waals surface area contributed by atoms with E-state index in [0.717, 1.165) is 24.0 Å². The van der Waals surface area contributed by atoms with Crippen LogP contribution in [-0.2, 0) is 0 Å². The van der Waals surface area contributed by atoms with Crippen molar-refractivity contribution in [3.8, 4) is 11.1 Å². The second-order valence-corrected chi connectivity index (χ2v) is 5.95. The minimum atomic E-state index is -1.25. The van der Waals surface area contributed by atoms with E-state index in [0.29, 0.717) is 11.6 Å². The molecule has 1 heterocycles. The first-order valence-corrected chi connectivity index (χ1v) is 7.64. The summed E-state index contributed by atoms with van der Waals surface area (Å²) in [6, 6.07) is 3.09. The topological polar surface area (TPSA) is 55.1 Å². The van der Waals surface area contributed by atoms with Gasteiger partial charge in [-0.05, 0) is 43.0 Å². The van der Waals surface area contributed by atoms with Crippen molar-refractivity contribution in [2.45, 2.75) is 45.1 Å². The van der Waals surface area contributed by atoms with E-state index >= 15 is 0 Å². The quantitative estimate of drug-likeness (QED) is 0.924. The number of nitrogens with zero attached hydrogens (tertiary/aromatic N) is 2. The number of aromatic nitrogens is 2. The molecule has 4 nitrogen and oxygen atoms in total. The Morgan fingerprint density at radius 1 is 1.32 bits per heavy atom. The summed E-state index contributed by atoms with van der Waals surface area (Å²) in [5.41, 5.74) is 1.98. The molecule has 0 spiro atoms. The standard InChI is InChI=1S/C17H19FN2O2/c1-11-7-15(17(21)22)16(18)8-14(11)12-9-19-20(10-12)13-5-3-2-4-6-13/h7-10,13H,2-6H2,1H3,(H,21,22). The first kappa shape index (κ1) is 14.8. The molecular formula is C17H19FN2O2. The van der Waals surface area contributed by atoms with Gasteiger partial charge >= 0.3 is 5.97 Å². The Morgan fingerprint density at radius 3 is 2.73 bits per heavy atom. The molecule has 1 N–H and O–H groups in total. The number of carboxylic acid groups (broad SMARTS) is 1. The Bertz CT molecular complexity index is 703. The van der Waals surface area contributed by atoms with E-state index in [1.165, 1.54) is 31.4 Å². The Hall–Kier alpha value is -2.17. The molecule has 0 bridgehead atoms. The van der Waals surface area contributed by atoms with Crippen LogP contribution < -0.4 is 0 Å². The number of hydrogen-bond acceptors (Lipinski definition) is 2. The van der Waals surface area contributed by atoms with Gasteiger partial charge in [0, 0.05) is 11.8 Å². The zero-order chi connectivity index (χ0) is 15.7. The van der Waals surface area contributed by atoms with Crippen LogP contribution in [0, 0.1) is 12.7 Å². The predicted molar refractivity (Wildman–Crippen MR) is 81.4 cm³/mol. The lowest BCUT2D eigenvalue weighted by Gasteiger charge is -2.21. The van der Waals surface area contributed by atoms with Crippen LogP contribution in [0.1, 0.15) is 54.1 Å². The van der Waals surface area contributed by atoms with Crippen LogP contribution >= 0.6 is 0 Å². The number of carboxylic acids is 1. The molecule has 0 radical (unpaired) electrons. The van der Waals surface area contributed by atoms with Gasteiger partial charge < -0.3 is 5.11 Å². The fraction of sp³-hybridized carbons (Fsp3) is 0.412. The van der Waals surface area contributed by atoms with E-state index in [9.17, 15) is 9.18 Å². The SMILES string of the molecule is Cc1cc(C(=O)O)c(F)cc1-c1cnn(C2CCCCC2)c1. The van der Waals surface area contributed by atoms with Crippen molar-refractivity contribution in [1.29, 1.82) is 0 Å². The van der Waals surface area contributed by atoms with Crippen molar-refractivity contribution in [3.63, 3.8) is 0 Å². The third-order valence-corrected chi connectivity index (χ3v) is 4.41. The Morgan fingerprint density at radius 2 is 2.05 bits per heavy atom. The molecule has 1 aliphatic rings.